The first-order chi connectivity index (χ1) is 10.4. The predicted octanol–water partition coefficient (Wildman–Crippen LogP) is 2.10. The summed E-state index contributed by atoms with van der Waals surface area (Å²) >= 11 is 0. The smallest absolute Gasteiger partial charge is 0.337 e. The molecule has 0 N–H and O–H groups in total. The van der Waals surface area contributed by atoms with Crippen LogP contribution in [0.1, 0.15) is 17.3 Å². The van der Waals surface area contributed by atoms with Gasteiger partial charge < -0.3 is 4.52 Å². The Morgan fingerprint density at radius 3 is 2.68 bits per heavy atom. The second kappa shape index (κ2) is 5.20. The largest absolute Gasteiger partial charge is 0.435 e. The van der Waals surface area contributed by atoms with E-state index in [4.69, 9.17) is 4.52 Å². The summed E-state index contributed by atoms with van der Waals surface area (Å²) in [6.45, 7) is 1.72. The van der Waals surface area contributed by atoms with Crippen molar-refractivity contribution < 1.29 is 17.7 Å². The second-order valence-corrected chi connectivity index (χ2v) is 4.45. The van der Waals surface area contributed by atoms with Crippen LogP contribution in [0.4, 0.5) is 13.2 Å². The number of hydrogen-bond acceptors (Lipinski definition) is 6. The number of nitrogens with zero attached hydrogens (tertiary/aromatic N) is 6. The van der Waals surface area contributed by atoms with Crippen molar-refractivity contribution >= 4 is 0 Å². The monoisotopic (exact) mass is 310 g/mol. The molecule has 0 saturated carbocycles. The summed E-state index contributed by atoms with van der Waals surface area (Å²) in [5.41, 5.74) is 0.178. The number of halogens is 3. The summed E-state index contributed by atoms with van der Waals surface area (Å²) in [6, 6.07) is 0.878. The first kappa shape index (κ1) is 14.2. The van der Waals surface area contributed by atoms with Gasteiger partial charge in [0.1, 0.15) is 12.2 Å². The van der Waals surface area contributed by atoms with Crippen molar-refractivity contribution in [2.24, 2.45) is 0 Å². The van der Waals surface area contributed by atoms with Crippen LogP contribution >= 0.6 is 0 Å². The van der Waals surface area contributed by atoms with Gasteiger partial charge in [0.2, 0.25) is 11.7 Å². The van der Waals surface area contributed by atoms with Crippen LogP contribution in [0.2, 0.25) is 0 Å². The van der Waals surface area contributed by atoms with Crippen LogP contribution in [-0.4, -0.2) is 29.9 Å². The van der Waals surface area contributed by atoms with Gasteiger partial charge in [-0.15, -0.1) is 0 Å². The van der Waals surface area contributed by atoms with Gasteiger partial charge in [0.05, 0.1) is 11.9 Å². The first-order valence-corrected chi connectivity index (χ1v) is 6.14. The lowest BCUT2D eigenvalue weighted by Gasteiger charge is -2.00. The molecule has 0 aliphatic rings. The minimum atomic E-state index is -4.48. The zero-order valence-corrected chi connectivity index (χ0v) is 11.2. The summed E-state index contributed by atoms with van der Waals surface area (Å²) < 4.78 is 43.4. The van der Waals surface area contributed by atoms with Crippen molar-refractivity contribution in [1.29, 1.82) is 0 Å². The van der Waals surface area contributed by atoms with Crippen LogP contribution < -0.4 is 0 Å². The molecule has 0 bridgehead atoms. The predicted molar refractivity (Wildman–Crippen MR) is 66.4 cm³/mol. The lowest BCUT2D eigenvalue weighted by Crippen LogP contribution is -2.08. The molecule has 0 aliphatic carbocycles. The molecule has 0 saturated heterocycles. The molecule has 22 heavy (non-hydrogen) atoms. The van der Waals surface area contributed by atoms with Crippen LogP contribution in [0, 0.1) is 6.92 Å². The van der Waals surface area contributed by atoms with Crippen LogP contribution in [-0.2, 0) is 12.7 Å². The van der Waals surface area contributed by atoms with Gasteiger partial charge in [-0.2, -0.15) is 23.3 Å². The van der Waals surface area contributed by atoms with E-state index in [1.54, 1.807) is 13.1 Å². The Bertz CT molecular complexity index is 777. The summed E-state index contributed by atoms with van der Waals surface area (Å²) in [6.07, 6.45) is -0.255. The molecule has 0 fully saturated rings. The standard InChI is InChI=1S/C12H9F3N6O/c1-7-4-17-8(5-16-7)11-18-10(22-20-11)6-21-3-2-9(19-21)12(13,14)15/h2-5H,6H2,1H3. The normalized spacial score (nSPS) is 11.8. The Labute approximate surface area is 121 Å². The molecule has 0 atom stereocenters. The van der Waals surface area contributed by atoms with Crippen LogP contribution in [0.3, 0.4) is 0 Å². The van der Waals surface area contributed by atoms with Crippen LogP contribution in [0.25, 0.3) is 11.5 Å². The van der Waals surface area contributed by atoms with E-state index in [2.05, 4.69) is 25.2 Å². The van der Waals surface area contributed by atoms with Crippen molar-refractivity contribution in [2.75, 3.05) is 0 Å². The summed E-state index contributed by atoms with van der Waals surface area (Å²) in [7, 11) is 0. The van der Waals surface area contributed by atoms with Gasteiger partial charge in [0, 0.05) is 12.4 Å². The molecule has 7 nitrogen and oxygen atoms in total. The maximum Gasteiger partial charge on any atom is 0.435 e. The maximum absolute atomic E-state index is 12.5. The number of aromatic nitrogens is 6. The summed E-state index contributed by atoms with van der Waals surface area (Å²) in [5.74, 6) is 0.333. The highest BCUT2D eigenvalue weighted by Crippen LogP contribution is 2.27. The van der Waals surface area contributed by atoms with Gasteiger partial charge in [-0.3, -0.25) is 9.67 Å². The molecule has 0 radical (unpaired) electrons. The Kier molecular flexibility index (Phi) is 3.35. The van der Waals surface area contributed by atoms with Gasteiger partial charge in [-0.25, -0.2) is 4.98 Å². The van der Waals surface area contributed by atoms with Crippen molar-refractivity contribution in [3.05, 3.63) is 41.9 Å². The third-order valence-electron chi connectivity index (χ3n) is 2.71. The number of alkyl halides is 3. The highest BCUT2D eigenvalue weighted by molar-refractivity contribution is 5.45. The minimum absolute atomic E-state index is 0.0671. The lowest BCUT2D eigenvalue weighted by molar-refractivity contribution is -0.141. The molecular formula is C12H9F3N6O. The Morgan fingerprint density at radius 2 is 2.05 bits per heavy atom. The van der Waals surface area contributed by atoms with E-state index < -0.39 is 11.9 Å². The van der Waals surface area contributed by atoms with Crippen molar-refractivity contribution in [3.8, 4) is 11.5 Å². The van der Waals surface area contributed by atoms with Crippen LogP contribution in [0.15, 0.2) is 29.2 Å². The lowest BCUT2D eigenvalue weighted by atomic mass is 10.4. The third kappa shape index (κ3) is 2.95. The van der Waals surface area contributed by atoms with Crippen molar-refractivity contribution in [1.82, 2.24) is 29.9 Å². The van der Waals surface area contributed by atoms with E-state index in [-0.39, 0.29) is 18.3 Å². The fourth-order valence-corrected chi connectivity index (χ4v) is 1.67. The molecule has 0 amide bonds. The zero-order chi connectivity index (χ0) is 15.7. The molecule has 10 heteroatoms. The quantitative estimate of drug-likeness (QED) is 0.737. The van der Waals surface area contributed by atoms with E-state index in [1.807, 2.05) is 0 Å². The fraction of sp³-hybridized carbons (Fsp3) is 0.250. The number of rotatable bonds is 3. The third-order valence-corrected chi connectivity index (χ3v) is 2.71. The SMILES string of the molecule is Cc1cnc(-c2noc(Cn3ccc(C(F)(F)F)n3)n2)cn1. The van der Waals surface area contributed by atoms with Gasteiger partial charge in [-0.1, -0.05) is 5.16 Å². The highest BCUT2D eigenvalue weighted by Gasteiger charge is 2.33. The van der Waals surface area contributed by atoms with Crippen LogP contribution in [0.5, 0.6) is 0 Å². The molecule has 0 aromatic carbocycles. The Morgan fingerprint density at radius 1 is 1.23 bits per heavy atom. The van der Waals surface area contributed by atoms with Gasteiger partial charge in [0.15, 0.2) is 5.69 Å². The topological polar surface area (TPSA) is 82.5 Å². The Balaban J connectivity index is 1.77. The first-order valence-electron chi connectivity index (χ1n) is 6.14. The second-order valence-electron chi connectivity index (χ2n) is 4.45. The van der Waals surface area contributed by atoms with Crippen molar-refractivity contribution in [2.45, 2.75) is 19.6 Å². The van der Waals surface area contributed by atoms with E-state index in [0.717, 1.165) is 16.4 Å². The average Bonchev–Trinajstić information content (AvgIpc) is 3.09. The molecule has 3 aromatic heterocycles. The molecule has 3 aromatic rings. The molecule has 0 aliphatic heterocycles. The van der Waals surface area contributed by atoms with E-state index in [0.29, 0.717) is 5.69 Å². The molecule has 0 spiro atoms. The Hall–Kier alpha value is -2.78. The number of hydrogen-bond donors (Lipinski definition) is 0. The molecule has 114 valence electrons. The molecule has 0 unspecified atom stereocenters. The van der Waals surface area contributed by atoms with Gasteiger partial charge in [0.25, 0.3) is 0 Å². The summed E-state index contributed by atoms with van der Waals surface area (Å²) in [5, 5.41) is 7.12. The summed E-state index contributed by atoms with van der Waals surface area (Å²) in [4.78, 5) is 12.2. The average molecular weight is 310 g/mol. The van der Waals surface area contributed by atoms with E-state index in [1.165, 1.54) is 12.4 Å². The fourth-order valence-electron chi connectivity index (χ4n) is 1.67. The molecule has 3 rings (SSSR count). The van der Waals surface area contributed by atoms with E-state index >= 15 is 0 Å². The van der Waals surface area contributed by atoms with Gasteiger partial charge in [-0.05, 0) is 13.0 Å². The highest BCUT2D eigenvalue weighted by atomic mass is 19.4. The van der Waals surface area contributed by atoms with Gasteiger partial charge >= 0.3 is 6.18 Å². The molecule has 3 heterocycles. The minimum Gasteiger partial charge on any atom is -0.337 e. The molecular weight excluding hydrogens is 301 g/mol. The maximum atomic E-state index is 12.5. The van der Waals surface area contributed by atoms with E-state index in [9.17, 15) is 13.2 Å². The van der Waals surface area contributed by atoms with Crippen molar-refractivity contribution in [3.63, 3.8) is 0 Å². The number of aryl methyl sites for hydroxylation is 1. The zero-order valence-electron chi connectivity index (χ0n) is 11.2.